The van der Waals surface area contributed by atoms with Crippen molar-refractivity contribution in [3.05, 3.63) is 12.2 Å². The molecule has 1 aliphatic rings. The molecule has 0 aromatic carbocycles. The number of hydrogen-bond donors (Lipinski definition) is 1. The fourth-order valence-corrected chi connectivity index (χ4v) is 1.50. The van der Waals surface area contributed by atoms with E-state index in [1.807, 2.05) is 0 Å². The Bertz CT molecular complexity index is 257. The van der Waals surface area contributed by atoms with Gasteiger partial charge in [0.1, 0.15) is 5.60 Å². The van der Waals surface area contributed by atoms with Crippen molar-refractivity contribution in [2.45, 2.75) is 25.6 Å². The number of halogens is 3. The maximum atomic E-state index is 12.4. The van der Waals surface area contributed by atoms with E-state index in [2.05, 4.69) is 6.58 Å². The normalized spacial score (nSPS) is 31.9. The highest BCUT2D eigenvalue weighted by Crippen LogP contribution is 2.46. The van der Waals surface area contributed by atoms with E-state index < -0.39 is 22.8 Å². The molecule has 1 rings (SSSR count). The summed E-state index contributed by atoms with van der Waals surface area (Å²) in [6.07, 6.45) is -4.58. The van der Waals surface area contributed by atoms with Gasteiger partial charge >= 0.3 is 6.18 Å². The van der Waals surface area contributed by atoms with Crippen LogP contribution in [0.4, 0.5) is 13.2 Å². The maximum Gasteiger partial charge on any atom is 0.414 e. The van der Waals surface area contributed by atoms with Gasteiger partial charge in [-0.3, -0.25) is 0 Å². The summed E-state index contributed by atoms with van der Waals surface area (Å²) in [5, 5.41) is 9.88. The van der Waals surface area contributed by atoms with Gasteiger partial charge in [-0.1, -0.05) is 20.4 Å². The molecule has 5 heteroatoms. The van der Waals surface area contributed by atoms with Crippen LogP contribution >= 0.6 is 0 Å². The highest BCUT2D eigenvalue weighted by molar-refractivity contribution is 5.24. The van der Waals surface area contributed by atoms with Crippen LogP contribution in [0.1, 0.15) is 13.8 Å². The molecule has 0 aromatic rings. The lowest BCUT2D eigenvalue weighted by Gasteiger charge is -2.36. The zero-order valence-electron chi connectivity index (χ0n) is 8.11. The molecule has 82 valence electrons. The van der Waals surface area contributed by atoms with Gasteiger partial charge in [-0.05, 0) is 0 Å². The molecule has 1 unspecified atom stereocenters. The van der Waals surface area contributed by atoms with Crippen LogP contribution in [0.2, 0.25) is 0 Å². The van der Waals surface area contributed by atoms with E-state index in [0.29, 0.717) is 0 Å². The molecule has 1 heterocycles. The SMILES string of the molecule is C=C(C(F)(F)F)C1(O)COCC1(C)C. The summed E-state index contributed by atoms with van der Waals surface area (Å²) in [6.45, 7) is 5.72. The second-order valence-electron chi connectivity index (χ2n) is 4.21. The zero-order chi connectivity index (χ0) is 11.2. The van der Waals surface area contributed by atoms with Crippen molar-refractivity contribution in [3.8, 4) is 0 Å². The molecule has 0 aliphatic carbocycles. The largest absolute Gasteiger partial charge is 0.414 e. The molecule has 0 amide bonds. The van der Waals surface area contributed by atoms with E-state index in [1.165, 1.54) is 13.8 Å². The Balaban J connectivity index is 3.02. The molecular weight excluding hydrogens is 197 g/mol. The first-order valence-electron chi connectivity index (χ1n) is 4.18. The first-order chi connectivity index (χ1) is 6.11. The summed E-state index contributed by atoms with van der Waals surface area (Å²) in [6, 6.07) is 0. The van der Waals surface area contributed by atoms with Crippen molar-refractivity contribution < 1.29 is 23.0 Å². The molecule has 0 saturated carbocycles. The fraction of sp³-hybridized carbons (Fsp3) is 0.778. The monoisotopic (exact) mass is 210 g/mol. The average molecular weight is 210 g/mol. The summed E-state index contributed by atoms with van der Waals surface area (Å²) in [5.74, 6) is 0. The van der Waals surface area contributed by atoms with E-state index in [4.69, 9.17) is 4.74 Å². The summed E-state index contributed by atoms with van der Waals surface area (Å²) < 4.78 is 42.0. The van der Waals surface area contributed by atoms with Gasteiger partial charge in [0.25, 0.3) is 0 Å². The Hall–Kier alpha value is -0.550. The molecular formula is C9H13F3O2. The minimum atomic E-state index is -4.58. The van der Waals surface area contributed by atoms with Crippen LogP contribution in [0.25, 0.3) is 0 Å². The highest BCUT2D eigenvalue weighted by Gasteiger charge is 2.57. The number of rotatable bonds is 1. The lowest BCUT2D eigenvalue weighted by Crippen LogP contribution is -2.49. The molecule has 0 spiro atoms. The predicted octanol–water partition coefficient (Wildman–Crippen LogP) is 1.89. The summed E-state index contributed by atoms with van der Waals surface area (Å²) in [7, 11) is 0. The summed E-state index contributed by atoms with van der Waals surface area (Å²) >= 11 is 0. The van der Waals surface area contributed by atoms with Crippen LogP contribution in [0, 0.1) is 5.41 Å². The molecule has 1 atom stereocenters. The fourth-order valence-electron chi connectivity index (χ4n) is 1.50. The molecule has 14 heavy (non-hydrogen) atoms. The Morgan fingerprint density at radius 2 is 1.86 bits per heavy atom. The molecule has 0 bridgehead atoms. The third-order valence-corrected chi connectivity index (χ3v) is 2.73. The second kappa shape index (κ2) is 2.97. The Morgan fingerprint density at radius 3 is 2.14 bits per heavy atom. The first kappa shape index (κ1) is 11.5. The van der Waals surface area contributed by atoms with E-state index in [0.717, 1.165) is 0 Å². The van der Waals surface area contributed by atoms with Gasteiger partial charge in [0.15, 0.2) is 0 Å². The second-order valence-corrected chi connectivity index (χ2v) is 4.21. The van der Waals surface area contributed by atoms with E-state index in [-0.39, 0.29) is 13.2 Å². The minimum absolute atomic E-state index is 0.0958. The van der Waals surface area contributed by atoms with E-state index in [9.17, 15) is 18.3 Å². The number of aliphatic hydroxyl groups is 1. The van der Waals surface area contributed by atoms with Crippen LogP contribution in [0.5, 0.6) is 0 Å². The van der Waals surface area contributed by atoms with E-state index >= 15 is 0 Å². The van der Waals surface area contributed by atoms with Gasteiger partial charge < -0.3 is 9.84 Å². The van der Waals surface area contributed by atoms with Gasteiger partial charge in [-0.2, -0.15) is 13.2 Å². The van der Waals surface area contributed by atoms with Crippen LogP contribution in [-0.2, 0) is 4.74 Å². The van der Waals surface area contributed by atoms with Crippen molar-refractivity contribution in [3.63, 3.8) is 0 Å². The number of ether oxygens (including phenoxy) is 1. The third kappa shape index (κ3) is 1.54. The van der Waals surface area contributed by atoms with Crippen LogP contribution < -0.4 is 0 Å². The van der Waals surface area contributed by atoms with Crippen molar-refractivity contribution in [2.24, 2.45) is 5.41 Å². The molecule has 1 fully saturated rings. The topological polar surface area (TPSA) is 29.5 Å². The Labute approximate surface area is 80.4 Å². The molecule has 0 radical (unpaired) electrons. The van der Waals surface area contributed by atoms with Crippen LogP contribution in [0.15, 0.2) is 12.2 Å². The summed E-state index contributed by atoms with van der Waals surface area (Å²) in [4.78, 5) is 0. The smallest absolute Gasteiger partial charge is 0.382 e. The molecule has 1 N–H and O–H groups in total. The first-order valence-corrected chi connectivity index (χ1v) is 4.18. The van der Waals surface area contributed by atoms with Crippen molar-refractivity contribution in [2.75, 3.05) is 13.2 Å². The van der Waals surface area contributed by atoms with Crippen LogP contribution in [-0.4, -0.2) is 30.1 Å². The molecule has 1 aliphatic heterocycles. The van der Waals surface area contributed by atoms with E-state index in [1.54, 1.807) is 0 Å². The highest BCUT2D eigenvalue weighted by atomic mass is 19.4. The minimum Gasteiger partial charge on any atom is -0.382 e. The number of alkyl halides is 3. The molecule has 1 saturated heterocycles. The average Bonchev–Trinajstić information content (AvgIpc) is 2.24. The number of hydrogen-bond acceptors (Lipinski definition) is 2. The lowest BCUT2D eigenvalue weighted by molar-refractivity contribution is -0.133. The Kier molecular flexibility index (Phi) is 2.44. The third-order valence-electron chi connectivity index (χ3n) is 2.73. The van der Waals surface area contributed by atoms with Crippen LogP contribution in [0.3, 0.4) is 0 Å². The van der Waals surface area contributed by atoms with Gasteiger partial charge in [-0.15, -0.1) is 0 Å². The maximum absolute atomic E-state index is 12.4. The standard InChI is InChI=1S/C9H13F3O2/c1-6(9(10,11)12)8(13)5-14-4-7(8,2)3/h13H,1,4-5H2,2-3H3. The molecule has 0 aromatic heterocycles. The van der Waals surface area contributed by atoms with Gasteiger partial charge in [-0.25, -0.2) is 0 Å². The van der Waals surface area contributed by atoms with Gasteiger partial charge in [0.2, 0.25) is 0 Å². The predicted molar refractivity (Wildman–Crippen MR) is 44.7 cm³/mol. The van der Waals surface area contributed by atoms with Crippen molar-refractivity contribution >= 4 is 0 Å². The summed E-state index contributed by atoms with van der Waals surface area (Å²) in [5.41, 5.74) is -4.10. The Morgan fingerprint density at radius 1 is 1.36 bits per heavy atom. The van der Waals surface area contributed by atoms with Gasteiger partial charge in [0, 0.05) is 5.41 Å². The van der Waals surface area contributed by atoms with Crippen molar-refractivity contribution in [1.82, 2.24) is 0 Å². The zero-order valence-corrected chi connectivity index (χ0v) is 8.11. The lowest BCUT2D eigenvalue weighted by atomic mass is 9.73. The quantitative estimate of drug-likeness (QED) is 0.670. The molecule has 2 nitrogen and oxygen atoms in total. The van der Waals surface area contributed by atoms with Crippen molar-refractivity contribution in [1.29, 1.82) is 0 Å². The van der Waals surface area contributed by atoms with Gasteiger partial charge in [0.05, 0.1) is 18.8 Å².